The molecule has 0 radical (unpaired) electrons. The molecule has 0 spiro atoms. The molecule has 0 aromatic rings. The average molecular weight is 241 g/mol. The zero-order chi connectivity index (χ0) is 13.1. The number of nitrogens with two attached hydrogens (primary N) is 1. The lowest BCUT2D eigenvalue weighted by atomic mass is 9.90. The van der Waals surface area contributed by atoms with Crippen LogP contribution in [0.3, 0.4) is 0 Å². The monoisotopic (exact) mass is 241 g/mol. The second kappa shape index (κ2) is 5.04. The van der Waals surface area contributed by atoms with Crippen molar-refractivity contribution in [3.05, 3.63) is 0 Å². The predicted molar refractivity (Wildman–Crippen MR) is 66.2 cm³/mol. The van der Waals surface area contributed by atoms with Crippen molar-refractivity contribution in [1.29, 1.82) is 0 Å². The Morgan fingerprint density at radius 3 is 2.53 bits per heavy atom. The van der Waals surface area contributed by atoms with E-state index >= 15 is 0 Å². The molecule has 1 aliphatic heterocycles. The van der Waals surface area contributed by atoms with Crippen LogP contribution in [-0.4, -0.2) is 30.4 Å². The maximum absolute atomic E-state index is 12.1. The molecule has 0 saturated carbocycles. The third-order valence-corrected chi connectivity index (χ3v) is 3.64. The molecule has 0 aliphatic carbocycles. The summed E-state index contributed by atoms with van der Waals surface area (Å²) in [6.45, 7) is 6.62. The first-order valence-corrected chi connectivity index (χ1v) is 6.17. The van der Waals surface area contributed by atoms with Crippen LogP contribution in [0, 0.1) is 5.41 Å². The zero-order valence-corrected chi connectivity index (χ0v) is 10.9. The van der Waals surface area contributed by atoms with E-state index in [9.17, 15) is 9.59 Å². The molecule has 4 N–H and O–H groups in total. The number of hydrogen-bond acceptors (Lipinski definition) is 3. The molecule has 1 heterocycles. The van der Waals surface area contributed by atoms with Crippen molar-refractivity contribution in [2.45, 2.75) is 45.6 Å². The molecule has 1 aliphatic rings. The highest BCUT2D eigenvalue weighted by Gasteiger charge is 2.39. The van der Waals surface area contributed by atoms with E-state index in [0.717, 1.165) is 25.8 Å². The second-order valence-corrected chi connectivity index (χ2v) is 5.40. The molecule has 0 bridgehead atoms. The first kappa shape index (κ1) is 14.0. The summed E-state index contributed by atoms with van der Waals surface area (Å²) in [5.41, 5.74) is 4.11. The van der Waals surface area contributed by atoms with E-state index in [0.29, 0.717) is 0 Å². The van der Waals surface area contributed by atoms with Crippen molar-refractivity contribution in [3.63, 3.8) is 0 Å². The molecule has 0 aromatic heterocycles. The number of amides is 2. The normalized spacial score (nSPS) is 24.6. The van der Waals surface area contributed by atoms with Crippen molar-refractivity contribution < 1.29 is 9.59 Å². The summed E-state index contributed by atoms with van der Waals surface area (Å²) in [6.07, 6.45) is 2.63. The predicted octanol–water partition coefficient (Wildman–Crippen LogP) is 0.146. The van der Waals surface area contributed by atoms with Crippen LogP contribution < -0.4 is 16.4 Å². The van der Waals surface area contributed by atoms with Crippen molar-refractivity contribution in [3.8, 4) is 0 Å². The SMILES string of the molecule is CCC1(C(=O)NCC(C)(C)C(N)=O)CCCN1. The first-order chi connectivity index (χ1) is 7.84. The lowest BCUT2D eigenvalue weighted by Gasteiger charge is -2.29. The molecule has 98 valence electrons. The van der Waals surface area contributed by atoms with Crippen LogP contribution in [0.1, 0.15) is 40.0 Å². The van der Waals surface area contributed by atoms with Crippen LogP contribution in [0.5, 0.6) is 0 Å². The van der Waals surface area contributed by atoms with Gasteiger partial charge in [-0.1, -0.05) is 6.92 Å². The molecule has 1 saturated heterocycles. The summed E-state index contributed by atoms with van der Waals surface area (Å²) in [4.78, 5) is 23.3. The Morgan fingerprint density at radius 1 is 1.47 bits per heavy atom. The molecule has 5 nitrogen and oxygen atoms in total. The Hall–Kier alpha value is -1.10. The maximum Gasteiger partial charge on any atom is 0.240 e. The molecule has 1 unspecified atom stereocenters. The molecule has 1 fully saturated rings. The number of primary amides is 1. The minimum atomic E-state index is -0.705. The number of carbonyl (C=O) groups excluding carboxylic acids is 2. The zero-order valence-electron chi connectivity index (χ0n) is 10.9. The van der Waals surface area contributed by atoms with Crippen LogP contribution in [0.4, 0.5) is 0 Å². The third kappa shape index (κ3) is 2.97. The van der Waals surface area contributed by atoms with Gasteiger partial charge in [0.25, 0.3) is 0 Å². The van der Waals surface area contributed by atoms with Gasteiger partial charge >= 0.3 is 0 Å². The van der Waals surface area contributed by atoms with E-state index in [1.54, 1.807) is 13.8 Å². The van der Waals surface area contributed by atoms with Crippen molar-refractivity contribution in [2.24, 2.45) is 11.1 Å². The van der Waals surface area contributed by atoms with E-state index in [1.165, 1.54) is 0 Å². The van der Waals surface area contributed by atoms with Gasteiger partial charge in [0.05, 0.1) is 11.0 Å². The molecular weight excluding hydrogens is 218 g/mol. The number of rotatable bonds is 5. The van der Waals surface area contributed by atoms with E-state index in [-0.39, 0.29) is 12.5 Å². The van der Waals surface area contributed by atoms with Gasteiger partial charge in [0.15, 0.2) is 0 Å². The molecular formula is C12H23N3O2. The number of nitrogens with one attached hydrogen (secondary N) is 2. The average Bonchev–Trinajstić information content (AvgIpc) is 2.75. The summed E-state index contributed by atoms with van der Waals surface area (Å²) in [5, 5.41) is 6.09. The van der Waals surface area contributed by atoms with Gasteiger partial charge in [0.2, 0.25) is 11.8 Å². The Balaban J connectivity index is 2.57. The maximum atomic E-state index is 12.1. The Morgan fingerprint density at radius 2 is 2.12 bits per heavy atom. The first-order valence-electron chi connectivity index (χ1n) is 6.17. The largest absolute Gasteiger partial charge is 0.369 e. The molecule has 17 heavy (non-hydrogen) atoms. The van der Waals surface area contributed by atoms with E-state index in [1.807, 2.05) is 6.92 Å². The van der Waals surface area contributed by atoms with Gasteiger partial charge in [-0.05, 0) is 39.7 Å². The lowest BCUT2D eigenvalue weighted by molar-refractivity contribution is -0.129. The number of hydrogen-bond donors (Lipinski definition) is 3. The van der Waals surface area contributed by atoms with Crippen LogP contribution in [0.25, 0.3) is 0 Å². The highest BCUT2D eigenvalue weighted by atomic mass is 16.2. The van der Waals surface area contributed by atoms with Gasteiger partial charge in [-0.25, -0.2) is 0 Å². The van der Waals surface area contributed by atoms with Gasteiger partial charge in [0, 0.05) is 6.54 Å². The summed E-state index contributed by atoms with van der Waals surface area (Å²) >= 11 is 0. The van der Waals surface area contributed by atoms with Crippen LogP contribution in [0.15, 0.2) is 0 Å². The van der Waals surface area contributed by atoms with Crippen LogP contribution >= 0.6 is 0 Å². The van der Waals surface area contributed by atoms with Crippen molar-refractivity contribution >= 4 is 11.8 Å². The topological polar surface area (TPSA) is 84.2 Å². The van der Waals surface area contributed by atoms with Crippen molar-refractivity contribution in [2.75, 3.05) is 13.1 Å². The smallest absolute Gasteiger partial charge is 0.240 e. The van der Waals surface area contributed by atoms with Crippen molar-refractivity contribution in [1.82, 2.24) is 10.6 Å². The Bertz CT molecular complexity index is 307. The highest BCUT2D eigenvalue weighted by Crippen LogP contribution is 2.23. The summed E-state index contributed by atoms with van der Waals surface area (Å²) in [6, 6.07) is 0. The molecule has 1 rings (SSSR count). The Kier molecular flexibility index (Phi) is 4.14. The summed E-state index contributed by atoms with van der Waals surface area (Å²) in [7, 11) is 0. The standard InChI is InChI=1S/C12H23N3O2/c1-4-12(6-5-7-15-12)10(17)14-8-11(2,3)9(13)16/h15H,4-8H2,1-3H3,(H2,13,16)(H,14,17). The molecule has 2 amide bonds. The summed E-state index contributed by atoms with van der Waals surface area (Å²) < 4.78 is 0. The van der Waals surface area contributed by atoms with Crippen LogP contribution in [0.2, 0.25) is 0 Å². The molecule has 5 heteroatoms. The second-order valence-electron chi connectivity index (χ2n) is 5.40. The fraction of sp³-hybridized carbons (Fsp3) is 0.833. The van der Waals surface area contributed by atoms with Gasteiger partial charge in [-0.3, -0.25) is 9.59 Å². The fourth-order valence-electron chi connectivity index (χ4n) is 2.02. The van der Waals surface area contributed by atoms with Gasteiger partial charge in [-0.15, -0.1) is 0 Å². The minimum Gasteiger partial charge on any atom is -0.369 e. The molecule has 0 aromatic carbocycles. The van der Waals surface area contributed by atoms with E-state index in [4.69, 9.17) is 5.73 Å². The summed E-state index contributed by atoms with van der Waals surface area (Å²) in [5.74, 6) is -0.422. The highest BCUT2D eigenvalue weighted by molar-refractivity contribution is 5.87. The quantitative estimate of drug-likeness (QED) is 0.640. The van der Waals surface area contributed by atoms with E-state index in [2.05, 4.69) is 10.6 Å². The third-order valence-electron chi connectivity index (χ3n) is 3.64. The van der Waals surface area contributed by atoms with Gasteiger partial charge < -0.3 is 16.4 Å². The Labute approximate surface area is 103 Å². The van der Waals surface area contributed by atoms with Gasteiger partial charge in [0.1, 0.15) is 0 Å². The lowest BCUT2D eigenvalue weighted by Crippen LogP contribution is -2.55. The van der Waals surface area contributed by atoms with Gasteiger partial charge in [-0.2, -0.15) is 0 Å². The number of carbonyl (C=O) groups is 2. The van der Waals surface area contributed by atoms with E-state index < -0.39 is 16.9 Å². The fourth-order valence-corrected chi connectivity index (χ4v) is 2.02. The molecule has 1 atom stereocenters. The van der Waals surface area contributed by atoms with Crippen LogP contribution in [-0.2, 0) is 9.59 Å². The minimum absolute atomic E-state index is 0.0215.